The van der Waals surface area contributed by atoms with Crippen molar-refractivity contribution < 1.29 is 35.5 Å². The van der Waals surface area contributed by atoms with Gasteiger partial charge >= 0.3 is 6.18 Å². The van der Waals surface area contributed by atoms with Gasteiger partial charge in [-0.1, -0.05) is 24.3 Å². The second kappa shape index (κ2) is 11.7. The number of halogens is 4. The normalized spacial score (nSPS) is 11.8. The molecule has 5 aromatic rings. The number of rotatable bonds is 9. The average Bonchev–Trinajstić information content (AvgIpc) is 3.34. The molecule has 0 saturated heterocycles. The Bertz CT molecular complexity index is 1890. The van der Waals surface area contributed by atoms with E-state index >= 15 is 0 Å². The van der Waals surface area contributed by atoms with Crippen molar-refractivity contribution in [1.29, 1.82) is 0 Å². The molecule has 2 aromatic heterocycles. The molecule has 0 saturated carbocycles. The first-order chi connectivity index (χ1) is 20.3. The smallest absolute Gasteiger partial charge is 0.422 e. The number of sulfone groups is 1. The van der Waals surface area contributed by atoms with Gasteiger partial charge in [-0.05, 0) is 65.2 Å². The average molecular weight is 614 g/mol. The standard InChI is InChI=1S/C29H23F4N5O4S/c1-43(40,41)23-10-11-24(25(16-23)42-17-29(31,32)33)35-28-36-26-15-20(12-13-38(26)37-28)19-4-8-22(9-5-19)34-27(39)14-18-2-6-21(30)7-3-18/h2-13,15-16H,14,17H2,1H3,(H,34,39)(H,35,37). The molecule has 0 radical (unpaired) electrons. The number of anilines is 3. The van der Waals surface area contributed by atoms with E-state index in [-0.39, 0.29) is 40.4 Å². The molecular formula is C29H23F4N5O4S. The summed E-state index contributed by atoms with van der Waals surface area (Å²) in [5.41, 5.74) is 3.32. The van der Waals surface area contributed by atoms with Gasteiger partial charge in [-0.2, -0.15) is 18.2 Å². The third-order valence-corrected chi connectivity index (χ3v) is 7.25. The molecule has 5 rings (SSSR count). The summed E-state index contributed by atoms with van der Waals surface area (Å²) in [5, 5.41) is 9.87. The van der Waals surface area contributed by atoms with Crippen LogP contribution in [0.2, 0.25) is 0 Å². The quantitative estimate of drug-likeness (QED) is 0.202. The van der Waals surface area contributed by atoms with Crippen molar-refractivity contribution in [2.24, 2.45) is 0 Å². The lowest BCUT2D eigenvalue weighted by atomic mass is 10.1. The SMILES string of the molecule is CS(=O)(=O)c1ccc(Nc2nc3cc(-c4ccc(NC(=O)Cc5ccc(F)cc5)cc4)ccn3n2)c(OCC(F)(F)F)c1. The zero-order chi connectivity index (χ0) is 30.8. The summed E-state index contributed by atoms with van der Waals surface area (Å²) in [6.45, 7) is -1.62. The Morgan fingerprint density at radius 3 is 2.35 bits per heavy atom. The second-order valence-corrected chi connectivity index (χ2v) is 11.6. The highest BCUT2D eigenvalue weighted by Gasteiger charge is 2.29. The van der Waals surface area contributed by atoms with Crippen LogP contribution in [0.3, 0.4) is 0 Å². The van der Waals surface area contributed by atoms with Crippen LogP contribution in [0.1, 0.15) is 5.56 Å². The van der Waals surface area contributed by atoms with Gasteiger partial charge < -0.3 is 15.4 Å². The summed E-state index contributed by atoms with van der Waals surface area (Å²) in [4.78, 5) is 16.5. The Labute approximate surface area is 243 Å². The maximum Gasteiger partial charge on any atom is 0.422 e. The van der Waals surface area contributed by atoms with Crippen molar-refractivity contribution in [1.82, 2.24) is 14.6 Å². The summed E-state index contributed by atoms with van der Waals surface area (Å²) in [7, 11) is -3.70. The zero-order valence-corrected chi connectivity index (χ0v) is 23.2. The number of ether oxygens (including phenoxy) is 1. The molecule has 0 spiro atoms. The van der Waals surface area contributed by atoms with Gasteiger partial charge in [-0.25, -0.2) is 17.3 Å². The van der Waals surface area contributed by atoms with Crippen LogP contribution in [0.15, 0.2) is 90.0 Å². The summed E-state index contributed by atoms with van der Waals surface area (Å²) in [6, 6.07) is 19.8. The largest absolute Gasteiger partial charge is 0.482 e. The Kier molecular flexibility index (Phi) is 8.04. The maximum absolute atomic E-state index is 13.1. The third-order valence-electron chi connectivity index (χ3n) is 6.14. The fourth-order valence-electron chi connectivity index (χ4n) is 4.09. The van der Waals surface area contributed by atoms with E-state index < -0.39 is 22.6 Å². The summed E-state index contributed by atoms with van der Waals surface area (Å²) in [5.74, 6) is -0.909. The summed E-state index contributed by atoms with van der Waals surface area (Å²) < 4.78 is 81.6. The predicted molar refractivity (Wildman–Crippen MR) is 152 cm³/mol. The van der Waals surface area contributed by atoms with E-state index in [9.17, 15) is 30.8 Å². The van der Waals surface area contributed by atoms with Crippen molar-refractivity contribution in [3.8, 4) is 16.9 Å². The van der Waals surface area contributed by atoms with E-state index in [1.165, 1.54) is 28.8 Å². The number of pyridine rings is 1. The van der Waals surface area contributed by atoms with Crippen molar-refractivity contribution in [3.05, 3.63) is 96.4 Å². The highest BCUT2D eigenvalue weighted by Crippen LogP contribution is 2.32. The van der Waals surface area contributed by atoms with E-state index in [2.05, 4.69) is 20.7 Å². The lowest BCUT2D eigenvalue weighted by molar-refractivity contribution is -0.153. The monoisotopic (exact) mass is 613 g/mol. The third kappa shape index (κ3) is 7.65. The van der Waals surface area contributed by atoms with Gasteiger partial charge in [0.25, 0.3) is 0 Å². The highest BCUT2D eigenvalue weighted by molar-refractivity contribution is 7.90. The number of carbonyl (C=O) groups excluding carboxylic acids is 1. The van der Waals surface area contributed by atoms with Gasteiger partial charge in [-0.15, -0.1) is 5.10 Å². The molecule has 3 aromatic carbocycles. The Morgan fingerprint density at radius 2 is 1.67 bits per heavy atom. The Balaban J connectivity index is 1.31. The van der Waals surface area contributed by atoms with Gasteiger partial charge in [-0.3, -0.25) is 4.79 Å². The van der Waals surface area contributed by atoms with E-state index in [0.29, 0.717) is 16.9 Å². The number of aromatic nitrogens is 3. The number of alkyl halides is 3. The zero-order valence-electron chi connectivity index (χ0n) is 22.4. The molecule has 2 N–H and O–H groups in total. The minimum absolute atomic E-state index is 0.0420. The van der Waals surface area contributed by atoms with Crippen LogP contribution >= 0.6 is 0 Å². The molecule has 0 fully saturated rings. The first-order valence-corrected chi connectivity index (χ1v) is 14.5. The first-order valence-electron chi connectivity index (χ1n) is 12.6. The van der Waals surface area contributed by atoms with Crippen LogP contribution in [0.5, 0.6) is 5.75 Å². The number of nitrogens with zero attached hydrogens (tertiary/aromatic N) is 3. The maximum atomic E-state index is 13.1. The van der Waals surface area contributed by atoms with Gasteiger partial charge in [0.1, 0.15) is 11.6 Å². The second-order valence-electron chi connectivity index (χ2n) is 9.54. The molecule has 0 aliphatic carbocycles. The number of amides is 1. The Hall–Kier alpha value is -4.98. The van der Waals surface area contributed by atoms with Crippen molar-refractivity contribution in [2.75, 3.05) is 23.5 Å². The first kappa shape index (κ1) is 29.5. The van der Waals surface area contributed by atoms with Crippen LogP contribution in [0.4, 0.5) is 34.9 Å². The number of carbonyl (C=O) groups is 1. The van der Waals surface area contributed by atoms with E-state index in [1.54, 1.807) is 42.6 Å². The summed E-state index contributed by atoms with van der Waals surface area (Å²) in [6.07, 6.45) is -1.96. The molecule has 43 heavy (non-hydrogen) atoms. The molecule has 0 bridgehead atoms. The molecular weight excluding hydrogens is 590 g/mol. The lowest BCUT2D eigenvalue weighted by Crippen LogP contribution is -2.19. The minimum Gasteiger partial charge on any atom is -0.482 e. The molecule has 0 unspecified atom stereocenters. The van der Waals surface area contributed by atoms with E-state index in [1.807, 2.05) is 12.1 Å². The lowest BCUT2D eigenvalue weighted by Gasteiger charge is -2.14. The molecule has 2 heterocycles. The van der Waals surface area contributed by atoms with Gasteiger partial charge in [0, 0.05) is 24.2 Å². The van der Waals surface area contributed by atoms with E-state index in [4.69, 9.17) is 4.74 Å². The minimum atomic E-state index is -4.64. The van der Waals surface area contributed by atoms with Crippen LogP contribution in [0, 0.1) is 5.82 Å². The van der Waals surface area contributed by atoms with E-state index in [0.717, 1.165) is 23.4 Å². The molecule has 0 aliphatic heterocycles. The number of nitrogens with one attached hydrogen (secondary N) is 2. The predicted octanol–water partition coefficient (Wildman–Crippen LogP) is 5.80. The van der Waals surface area contributed by atoms with Crippen LogP contribution in [-0.2, 0) is 21.1 Å². The molecule has 0 aliphatic rings. The number of hydrogen-bond acceptors (Lipinski definition) is 7. The molecule has 222 valence electrons. The fraction of sp³-hybridized carbons (Fsp3) is 0.138. The van der Waals surface area contributed by atoms with Crippen LogP contribution in [0.25, 0.3) is 16.8 Å². The molecule has 1 amide bonds. The van der Waals surface area contributed by atoms with Crippen molar-refractivity contribution >= 4 is 38.7 Å². The van der Waals surface area contributed by atoms with Gasteiger partial charge in [0.05, 0.1) is 17.0 Å². The van der Waals surface area contributed by atoms with Crippen LogP contribution in [-0.4, -0.2) is 48.0 Å². The van der Waals surface area contributed by atoms with Crippen molar-refractivity contribution in [3.63, 3.8) is 0 Å². The van der Waals surface area contributed by atoms with Crippen molar-refractivity contribution in [2.45, 2.75) is 17.5 Å². The van der Waals surface area contributed by atoms with Crippen LogP contribution < -0.4 is 15.4 Å². The summed E-state index contributed by atoms with van der Waals surface area (Å²) >= 11 is 0. The number of fused-ring (bicyclic) bond motifs is 1. The van der Waals surface area contributed by atoms with Gasteiger partial charge in [0.2, 0.25) is 11.9 Å². The Morgan fingerprint density at radius 1 is 0.953 bits per heavy atom. The van der Waals surface area contributed by atoms with Gasteiger partial charge in [0.15, 0.2) is 22.1 Å². The number of benzene rings is 3. The molecule has 0 atom stereocenters. The highest BCUT2D eigenvalue weighted by atomic mass is 32.2. The topological polar surface area (TPSA) is 115 Å². The number of hydrogen-bond donors (Lipinski definition) is 2. The molecule has 14 heteroatoms. The molecule has 9 nitrogen and oxygen atoms in total. The fourth-order valence-corrected chi connectivity index (χ4v) is 4.73.